The maximum atomic E-state index is 12.6. The lowest BCUT2D eigenvalue weighted by molar-refractivity contribution is -0.138. The standard InChI is InChI=1S/C19H16Cl2F3NO3/c20-15-6-3-12(8-16(15)21)9-17(26)25-14(10-18(27)28)7-11-1-4-13(5-2-11)19(22,23)24/h1-6,8,14H,7,9-10H2,(H,25,26)(H,27,28)/t14-/m1/s1. The molecule has 9 heteroatoms. The van der Waals surface area contributed by atoms with Crippen LogP contribution in [-0.2, 0) is 28.6 Å². The summed E-state index contributed by atoms with van der Waals surface area (Å²) in [7, 11) is 0. The van der Waals surface area contributed by atoms with E-state index in [4.69, 9.17) is 28.3 Å². The fourth-order valence-corrected chi connectivity index (χ4v) is 2.93. The Balaban J connectivity index is 2.05. The normalized spacial score (nSPS) is 12.5. The van der Waals surface area contributed by atoms with Crippen molar-refractivity contribution in [1.29, 1.82) is 0 Å². The Bertz CT molecular complexity index is 854. The number of rotatable bonds is 7. The van der Waals surface area contributed by atoms with Crippen molar-refractivity contribution in [3.63, 3.8) is 0 Å². The minimum atomic E-state index is -4.45. The van der Waals surface area contributed by atoms with Crippen LogP contribution in [0.3, 0.4) is 0 Å². The summed E-state index contributed by atoms with van der Waals surface area (Å²) in [6, 6.07) is 8.30. The third-order valence-corrected chi connectivity index (χ3v) is 4.64. The molecule has 0 aliphatic carbocycles. The molecule has 2 aromatic rings. The molecular formula is C19H16Cl2F3NO3. The Hall–Kier alpha value is -2.25. The first kappa shape index (κ1) is 22.0. The van der Waals surface area contributed by atoms with Crippen molar-refractivity contribution in [2.75, 3.05) is 0 Å². The van der Waals surface area contributed by atoms with Gasteiger partial charge in [0, 0.05) is 6.04 Å². The summed E-state index contributed by atoms with van der Waals surface area (Å²) < 4.78 is 37.9. The maximum Gasteiger partial charge on any atom is 0.416 e. The molecule has 0 saturated carbocycles. The lowest BCUT2D eigenvalue weighted by atomic mass is 10.0. The van der Waals surface area contributed by atoms with E-state index in [2.05, 4.69) is 5.32 Å². The highest BCUT2D eigenvalue weighted by molar-refractivity contribution is 6.42. The van der Waals surface area contributed by atoms with E-state index in [9.17, 15) is 22.8 Å². The first-order valence-corrected chi connectivity index (χ1v) is 8.91. The summed E-state index contributed by atoms with van der Waals surface area (Å²) in [4.78, 5) is 23.3. The Morgan fingerprint density at radius 1 is 1.00 bits per heavy atom. The van der Waals surface area contributed by atoms with Crippen molar-refractivity contribution in [3.05, 3.63) is 69.2 Å². The van der Waals surface area contributed by atoms with Crippen molar-refractivity contribution in [1.82, 2.24) is 5.32 Å². The number of halogens is 5. The number of carboxylic acid groups (broad SMARTS) is 1. The molecule has 0 aromatic heterocycles. The quantitative estimate of drug-likeness (QED) is 0.661. The number of alkyl halides is 3. The van der Waals surface area contributed by atoms with Crippen LogP contribution in [0.4, 0.5) is 13.2 Å². The Morgan fingerprint density at radius 2 is 1.61 bits per heavy atom. The molecular weight excluding hydrogens is 418 g/mol. The fourth-order valence-electron chi connectivity index (χ4n) is 2.61. The van der Waals surface area contributed by atoms with Crippen molar-refractivity contribution in [2.45, 2.75) is 31.5 Å². The topological polar surface area (TPSA) is 66.4 Å². The largest absolute Gasteiger partial charge is 0.481 e. The maximum absolute atomic E-state index is 12.6. The highest BCUT2D eigenvalue weighted by atomic mass is 35.5. The van der Waals surface area contributed by atoms with Gasteiger partial charge in [-0.25, -0.2) is 0 Å². The van der Waals surface area contributed by atoms with Gasteiger partial charge in [0.15, 0.2) is 0 Å². The van der Waals surface area contributed by atoms with E-state index in [1.54, 1.807) is 12.1 Å². The van der Waals surface area contributed by atoms with Crippen LogP contribution < -0.4 is 5.32 Å². The summed E-state index contributed by atoms with van der Waals surface area (Å²) >= 11 is 11.7. The van der Waals surface area contributed by atoms with E-state index >= 15 is 0 Å². The second kappa shape index (κ2) is 9.30. The fraction of sp³-hybridized carbons (Fsp3) is 0.263. The summed E-state index contributed by atoms with van der Waals surface area (Å²) in [5, 5.41) is 12.3. The van der Waals surface area contributed by atoms with Crippen LogP contribution in [0.25, 0.3) is 0 Å². The lowest BCUT2D eigenvalue weighted by Crippen LogP contribution is -2.39. The Labute approximate surface area is 169 Å². The molecule has 0 radical (unpaired) electrons. The monoisotopic (exact) mass is 433 g/mol. The van der Waals surface area contributed by atoms with Gasteiger partial charge >= 0.3 is 12.1 Å². The summed E-state index contributed by atoms with van der Waals surface area (Å²) in [5.74, 6) is -1.57. The molecule has 0 saturated heterocycles. The van der Waals surface area contributed by atoms with Gasteiger partial charge in [0.2, 0.25) is 5.91 Å². The molecule has 0 aliphatic heterocycles. The molecule has 28 heavy (non-hydrogen) atoms. The van der Waals surface area contributed by atoms with E-state index in [1.165, 1.54) is 18.2 Å². The molecule has 150 valence electrons. The number of aliphatic carboxylic acids is 1. The zero-order valence-corrected chi connectivity index (χ0v) is 15.9. The first-order chi connectivity index (χ1) is 13.0. The summed E-state index contributed by atoms with van der Waals surface area (Å²) in [6.45, 7) is 0. The number of benzene rings is 2. The highest BCUT2D eigenvalue weighted by Crippen LogP contribution is 2.29. The lowest BCUT2D eigenvalue weighted by Gasteiger charge is -2.18. The van der Waals surface area contributed by atoms with E-state index in [0.717, 1.165) is 12.1 Å². The van der Waals surface area contributed by atoms with Gasteiger partial charge in [-0.15, -0.1) is 0 Å². The van der Waals surface area contributed by atoms with Gasteiger partial charge in [0.05, 0.1) is 28.5 Å². The van der Waals surface area contributed by atoms with Crippen LogP contribution in [0.15, 0.2) is 42.5 Å². The van der Waals surface area contributed by atoms with Crippen LogP contribution in [0.5, 0.6) is 0 Å². The Kier molecular flexibility index (Phi) is 7.32. The first-order valence-electron chi connectivity index (χ1n) is 8.16. The summed E-state index contributed by atoms with van der Waals surface area (Å²) in [5.41, 5.74) is 0.277. The third-order valence-electron chi connectivity index (χ3n) is 3.90. The Morgan fingerprint density at radius 3 is 2.14 bits per heavy atom. The van der Waals surface area contributed by atoms with Crippen LogP contribution in [0.1, 0.15) is 23.1 Å². The molecule has 0 aliphatic rings. The van der Waals surface area contributed by atoms with Crippen molar-refractivity contribution in [3.8, 4) is 0 Å². The van der Waals surface area contributed by atoms with Crippen molar-refractivity contribution < 1.29 is 27.9 Å². The van der Waals surface area contributed by atoms with Gasteiger partial charge < -0.3 is 10.4 Å². The molecule has 0 spiro atoms. The molecule has 0 heterocycles. The van der Waals surface area contributed by atoms with Gasteiger partial charge in [0.1, 0.15) is 0 Å². The SMILES string of the molecule is O=C(O)C[C@@H](Cc1ccc(C(F)(F)F)cc1)NC(=O)Cc1ccc(Cl)c(Cl)c1. The van der Waals surface area contributed by atoms with E-state index < -0.39 is 29.7 Å². The number of hydrogen-bond acceptors (Lipinski definition) is 2. The van der Waals surface area contributed by atoms with E-state index in [0.29, 0.717) is 21.2 Å². The summed E-state index contributed by atoms with van der Waals surface area (Å²) in [6.07, 6.45) is -4.78. The van der Waals surface area contributed by atoms with Crippen LogP contribution in [0.2, 0.25) is 10.0 Å². The molecule has 1 amide bonds. The second-order valence-electron chi connectivity index (χ2n) is 6.19. The van der Waals surface area contributed by atoms with Crippen LogP contribution in [0, 0.1) is 0 Å². The van der Waals surface area contributed by atoms with Crippen molar-refractivity contribution in [2.24, 2.45) is 0 Å². The zero-order valence-electron chi connectivity index (χ0n) is 14.4. The predicted octanol–water partition coefficient (Wildman–Crippen LogP) is 4.76. The number of nitrogens with one attached hydrogen (secondary N) is 1. The smallest absolute Gasteiger partial charge is 0.416 e. The second-order valence-corrected chi connectivity index (χ2v) is 7.00. The molecule has 0 fully saturated rings. The van der Waals surface area contributed by atoms with Gasteiger partial charge in [-0.3, -0.25) is 9.59 Å². The van der Waals surface area contributed by atoms with E-state index in [1.807, 2.05) is 0 Å². The minimum Gasteiger partial charge on any atom is -0.481 e. The van der Waals surface area contributed by atoms with Gasteiger partial charge in [-0.05, 0) is 41.8 Å². The predicted molar refractivity (Wildman–Crippen MR) is 99.5 cm³/mol. The zero-order chi connectivity index (χ0) is 20.9. The average molecular weight is 434 g/mol. The number of carboxylic acids is 1. The van der Waals surface area contributed by atoms with Crippen LogP contribution in [-0.4, -0.2) is 23.0 Å². The third kappa shape index (κ3) is 6.73. The molecule has 2 rings (SSSR count). The number of carbonyl (C=O) groups is 2. The van der Waals surface area contributed by atoms with Crippen molar-refractivity contribution >= 4 is 35.1 Å². The average Bonchev–Trinajstić information content (AvgIpc) is 2.57. The van der Waals surface area contributed by atoms with Gasteiger partial charge in [0.25, 0.3) is 0 Å². The highest BCUT2D eigenvalue weighted by Gasteiger charge is 2.30. The molecule has 0 unspecified atom stereocenters. The number of amides is 1. The molecule has 0 bridgehead atoms. The molecule has 1 atom stereocenters. The van der Waals surface area contributed by atoms with Crippen LogP contribution >= 0.6 is 23.2 Å². The van der Waals surface area contributed by atoms with Gasteiger partial charge in [-0.2, -0.15) is 13.2 Å². The van der Waals surface area contributed by atoms with Gasteiger partial charge in [-0.1, -0.05) is 41.4 Å². The van der Waals surface area contributed by atoms with E-state index in [-0.39, 0.29) is 19.3 Å². The molecule has 4 nitrogen and oxygen atoms in total. The molecule has 2 aromatic carbocycles. The molecule has 2 N–H and O–H groups in total. The number of carbonyl (C=O) groups excluding carboxylic acids is 1. The number of hydrogen-bond donors (Lipinski definition) is 2. The minimum absolute atomic E-state index is 0.0416.